The average Bonchev–Trinajstić information content (AvgIpc) is 3.60. The fraction of sp³-hybridized carbons (Fsp3) is 0.375. The number of methoxy groups -OCH3 is 1. The van der Waals surface area contributed by atoms with Gasteiger partial charge in [-0.1, -0.05) is 68.3 Å². The van der Waals surface area contributed by atoms with E-state index in [0.29, 0.717) is 23.8 Å². The van der Waals surface area contributed by atoms with Gasteiger partial charge in [-0.05, 0) is 47.4 Å². The molecule has 3 aromatic carbocycles. The van der Waals surface area contributed by atoms with Crippen LogP contribution in [-0.4, -0.2) is 48.9 Å². The van der Waals surface area contributed by atoms with Crippen LogP contribution in [0.4, 0.5) is 0 Å². The Kier molecular flexibility index (Phi) is 8.55. The molecular formula is C32H36N2O6. The predicted octanol–water partition coefficient (Wildman–Crippen LogP) is 5.31. The van der Waals surface area contributed by atoms with Crippen molar-refractivity contribution in [2.24, 2.45) is 5.92 Å². The molecule has 1 amide bonds. The van der Waals surface area contributed by atoms with Crippen LogP contribution in [0.2, 0.25) is 0 Å². The van der Waals surface area contributed by atoms with Crippen molar-refractivity contribution >= 4 is 11.9 Å². The molecule has 2 aliphatic rings. The SMILES string of the molecule is CCCCC(NC(=O)CN1C[C@@H](c2ccc3c(c2)OCO3)[C@H](C(=O)O)[C@H]1c1ccc(OC)cc1)c1ccccc1. The molecule has 210 valence electrons. The van der Waals surface area contributed by atoms with Gasteiger partial charge in [0.2, 0.25) is 12.7 Å². The van der Waals surface area contributed by atoms with Crippen molar-refractivity contribution in [3.05, 3.63) is 89.5 Å². The molecule has 2 heterocycles. The van der Waals surface area contributed by atoms with Crippen LogP contribution in [0, 0.1) is 5.92 Å². The van der Waals surface area contributed by atoms with Gasteiger partial charge >= 0.3 is 5.97 Å². The normalized spacial score (nSPS) is 20.7. The minimum Gasteiger partial charge on any atom is -0.497 e. The molecule has 2 aliphatic heterocycles. The largest absolute Gasteiger partial charge is 0.497 e. The smallest absolute Gasteiger partial charge is 0.309 e. The minimum absolute atomic E-state index is 0.0803. The molecule has 0 spiro atoms. The zero-order valence-corrected chi connectivity index (χ0v) is 22.9. The zero-order chi connectivity index (χ0) is 28.1. The van der Waals surface area contributed by atoms with Gasteiger partial charge in [0, 0.05) is 18.5 Å². The van der Waals surface area contributed by atoms with Crippen molar-refractivity contribution in [1.82, 2.24) is 10.2 Å². The first-order valence-electron chi connectivity index (χ1n) is 13.8. The highest BCUT2D eigenvalue weighted by molar-refractivity contribution is 5.79. The number of hydrogen-bond donors (Lipinski definition) is 2. The van der Waals surface area contributed by atoms with E-state index in [-0.39, 0.29) is 31.2 Å². The first-order valence-corrected chi connectivity index (χ1v) is 13.8. The number of hydrogen-bond acceptors (Lipinski definition) is 6. The van der Waals surface area contributed by atoms with Crippen LogP contribution in [-0.2, 0) is 9.59 Å². The maximum atomic E-state index is 13.5. The number of unbranched alkanes of at least 4 members (excludes halogenated alkanes) is 1. The van der Waals surface area contributed by atoms with Crippen LogP contribution >= 0.6 is 0 Å². The number of carbonyl (C=O) groups excluding carboxylic acids is 1. The Labute approximate surface area is 234 Å². The van der Waals surface area contributed by atoms with Crippen molar-refractivity contribution < 1.29 is 28.9 Å². The Balaban J connectivity index is 1.44. The van der Waals surface area contributed by atoms with E-state index in [1.54, 1.807) is 7.11 Å². The van der Waals surface area contributed by atoms with E-state index in [1.165, 1.54) is 0 Å². The zero-order valence-electron chi connectivity index (χ0n) is 22.9. The number of rotatable bonds is 11. The number of ether oxygens (including phenoxy) is 3. The number of nitrogens with one attached hydrogen (secondary N) is 1. The Morgan fingerprint density at radius 1 is 1.02 bits per heavy atom. The number of carbonyl (C=O) groups is 2. The van der Waals surface area contributed by atoms with Crippen molar-refractivity contribution in [1.29, 1.82) is 0 Å². The molecule has 1 fully saturated rings. The maximum Gasteiger partial charge on any atom is 0.309 e. The van der Waals surface area contributed by atoms with Crippen LogP contribution in [0.15, 0.2) is 72.8 Å². The summed E-state index contributed by atoms with van der Waals surface area (Å²) in [6, 6.07) is 22.4. The second-order valence-electron chi connectivity index (χ2n) is 10.4. The molecule has 4 atom stereocenters. The van der Waals surface area contributed by atoms with Crippen molar-refractivity contribution in [3.63, 3.8) is 0 Å². The van der Waals surface area contributed by atoms with E-state index in [0.717, 1.165) is 36.0 Å². The van der Waals surface area contributed by atoms with E-state index in [4.69, 9.17) is 14.2 Å². The Hall–Kier alpha value is -4.04. The number of amides is 1. The van der Waals surface area contributed by atoms with Gasteiger partial charge in [0.15, 0.2) is 11.5 Å². The lowest BCUT2D eigenvalue weighted by atomic mass is 9.82. The summed E-state index contributed by atoms with van der Waals surface area (Å²) in [5, 5.41) is 13.7. The van der Waals surface area contributed by atoms with Crippen LogP contribution in [0.5, 0.6) is 17.2 Å². The number of aliphatic carboxylic acids is 1. The Morgan fingerprint density at radius 2 is 1.75 bits per heavy atom. The molecule has 1 unspecified atom stereocenters. The molecule has 8 heteroatoms. The molecular weight excluding hydrogens is 508 g/mol. The van der Waals surface area contributed by atoms with Gasteiger partial charge in [0.1, 0.15) is 5.75 Å². The lowest BCUT2D eigenvalue weighted by Gasteiger charge is -2.28. The van der Waals surface area contributed by atoms with Crippen LogP contribution in [0.3, 0.4) is 0 Å². The van der Waals surface area contributed by atoms with Gasteiger partial charge in [0.05, 0.1) is 25.6 Å². The van der Waals surface area contributed by atoms with Gasteiger partial charge in [-0.3, -0.25) is 14.5 Å². The number of carboxylic acid groups (broad SMARTS) is 1. The highest BCUT2D eigenvalue weighted by Gasteiger charge is 2.48. The van der Waals surface area contributed by atoms with Gasteiger partial charge in [0.25, 0.3) is 0 Å². The van der Waals surface area contributed by atoms with Crippen molar-refractivity contribution in [2.45, 2.75) is 44.2 Å². The van der Waals surface area contributed by atoms with Gasteiger partial charge in [-0.15, -0.1) is 0 Å². The van der Waals surface area contributed by atoms with Crippen LogP contribution in [0.25, 0.3) is 0 Å². The Bertz CT molecular complexity index is 1310. The molecule has 1 saturated heterocycles. The number of likely N-dealkylation sites (tertiary alicyclic amines) is 1. The second kappa shape index (κ2) is 12.4. The van der Waals surface area contributed by atoms with E-state index < -0.39 is 17.9 Å². The number of fused-ring (bicyclic) bond motifs is 1. The lowest BCUT2D eigenvalue weighted by molar-refractivity contribution is -0.143. The summed E-state index contributed by atoms with van der Waals surface area (Å²) in [6.07, 6.45) is 2.86. The van der Waals surface area contributed by atoms with Gasteiger partial charge < -0.3 is 24.6 Å². The van der Waals surface area contributed by atoms with Crippen molar-refractivity contribution in [3.8, 4) is 17.2 Å². The third kappa shape index (κ3) is 5.92. The average molecular weight is 545 g/mol. The highest BCUT2D eigenvalue weighted by Crippen LogP contribution is 2.47. The minimum atomic E-state index is -0.906. The monoisotopic (exact) mass is 544 g/mol. The summed E-state index contributed by atoms with van der Waals surface area (Å²) < 4.78 is 16.4. The maximum absolute atomic E-state index is 13.5. The summed E-state index contributed by atoms with van der Waals surface area (Å²) in [4.78, 5) is 28.4. The summed E-state index contributed by atoms with van der Waals surface area (Å²) in [7, 11) is 1.60. The fourth-order valence-electron chi connectivity index (χ4n) is 5.91. The quantitative estimate of drug-likeness (QED) is 0.338. The third-order valence-corrected chi connectivity index (χ3v) is 7.90. The van der Waals surface area contributed by atoms with E-state index in [2.05, 4.69) is 12.2 Å². The number of nitrogens with zero attached hydrogens (tertiary/aromatic N) is 1. The Morgan fingerprint density at radius 3 is 2.45 bits per heavy atom. The van der Waals surface area contributed by atoms with E-state index in [9.17, 15) is 14.7 Å². The van der Waals surface area contributed by atoms with Crippen LogP contribution in [0.1, 0.15) is 60.9 Å². The molecule has 0 radical (unpaired) electrons. The first kappa shape index (κ1) is 27.5. The summed E-state index contributed by atoms with van der Waals surface area (Å²) in [5.41, 5.74) is 2.75. The number of benzene rings is 3. The first-order chi connectivity index (χ1) is 19.5. The molecule has 3 aromatic rings. The predicted molar refractivity (Wildman–Crippen MR) is 151 cm³/mol. The lowest BCUT2D eigenvalue weighted by Crippen LogP contribution is -2.39. The van der Waals surface area contributed by atoms with Gasteiger partial charge in [-0.2, -0.15) is 0 Å². The van der Waals surface area contributed by atoms with Gasteiger partial charge in [-0.25, -0.2) is 0 Å². The summed E-state index contributed by atoms with van der Waals surface area (Å²) in [5.74, 6) is -0.207. The van der Waals surface area contributed by atoms with Crippen molar-refractivity contribution in [2.75, 3.05) is 27.0 Å². The molecule has 2 N–H and O–H groups in total. The summed E-state index contributed by atoms with van der Waals surface area (Å²) in [6.45, 7) is 2.77. The molecule has 0 aliphatic carbocycles. The molecule has 5 rings (SSSR count). The summed E-state index contributed by atoms with van der Waals surface area (Å²) >= 11 is 0. The highest BCUT2D eigenvalue weighted by atomic mass is 16.7. The molecule has 0 bridgehead atoms. The fourth-order valence-corrected chi connectivity index (χ4v) is 5.91. The third-order valence-electron chi connectivity index (χ3n) is 7.90. The molecule has 8 nitrogen and oxygen atoms in total. The second-order valence-corrected chi connectivity index (χ2v) is 10.4. The number of carboxylic acids is 1. The topological polar surface area (TPSA) is 97.3 Å². The van der Waals surface area contributed by atoms with E-state index >= 15 is 0 Å². The van der Waals surface area contributed by atoms with E-state index in [1.807, 2.05) is 77.7 Å². The molecule has 0 aromatic heterocycles. The standard InChI is InChI=1S/C32H36N2O6/c1-3-4-10-26(21-8-6-5-7-9-21)33-29(35)19-34-18-25(23-13-16-27-28(17-23)40-20-39-27)30(32(36)37)31(34)22-11-14-24(38-2)15-12-22/h5-9,11-17,25-26,30-31H,3-4,10,18-20H2,1-2H3,(H,33,35)(H,36,37)/t25-,26?,30-,31+/m0/s1. The molecule has 0 saturated carbocycles. The van der Waals surface area contributed by atoms with Crippen LogP contribution < -0.4 is 19.5 Å². The molecule has 40 heavy (non-hydrogen) atoms.